The van der Waals surface area contributed by atoms with E-state index in [-0.39, 0.29) is 23.3 Å². The maximum Gasteiger partial charge on any atom is 0.257 e. The van der Waals surface area contributed by atoms with Crippen LogP contribution in [0.3, 0.4) is 0 Å². The lowest BCUT2D eigenvalue weighted by molar-refractivity contribution is -0.136. The Bertz CT molecular complexity index is 709. The number of fused-ring (bicyclic) bond motifs is 1. The standard InChI is InChI=1S/C25H40N2O3/c1-7-26-14-10-11-15-27(23(28)17-25(4,5)6)20(16-19(2)3)18-30-22-13-9-8-12-21(22)24(26)29/h8-9,12-13,19-20H,7,10-11,14-18H2,1-6H3/t20-/m0/s1. The number of hydrogen-bond acceptors (Lipinski definition) is 3. The number of benzene rings is 1. The van der Waals surface area contributed by atoms with Gasteiger partial charge in [-0.1, -0.05) is 46.8 Å². The molecule has 2 amide bonds. The van der Waals surface area contributed by atoms with Gasteiger partial charge in [-0.25, -0.2) is 0 Å². The van der Waals surface area contributed by atoms with Crippen LogP contribution in [-0.4, -0.2) is 53.9 Å². The minimum Gasteiger partial charge on any atom is -0.491 e. The summed E-state index contributed by atoms with van der Waals surface area (Å²) in [6, 6.07) is 7.48. The number of rotatable bonds is 4. The molecule has 0 spiro atoms. The highest BCUT2D eigenvalue weighted by Gasteiger charge is 2.29. The zero-order chi connectivity index (χ0) is 22.3. The summed E-state index contributed by atoms with van der Waals surface area (Å²) in [5, 5.41) is 0. The summed E-state index contributed by atoms with van der Waals surface area (Å²) < 4.78 is 6.21. The Hall–Kier alpha value is -2.04. The second-order valence-corrected chi connectivity index (χ2v) is 10.0. The molecule has 0 bridgehead atoms. The van der Waals surface area contributed by atoms with E-state index in [1.54, 1.807) is 0 Å². The maximum absolute atomic E-state index is 13.2. The van der Waals surface area contributed by atoms with Crippen LogP contribution in [0.1, 0.15) is 77.6 Å². The molecule has 1 atom stereocenters. The monoisotopic (exact) mass is 416 g/mol. The molecule has 1 heterocycles. The Morgan fingerprint density at radius 1 is 1.17 bits per heavy atom. The number of ether oxygens (including phenoxy) is 1. The number of amides is 2. The van der Waals surface area contributed by atoms with Gasteiger partial charge in [0, 0.05) is 26.1 Å². The van der Waals surface area contributed by atoms with E-state index in [4.69, 9.17) is 4.74 Å². The lowest BCUT2D eigenvalue weighted by atomic mass is 9.91. The number of hydrogen-bond donors (Lipinski definition) is 0. The van der Waals surface area contributed by atoms with Gasteiger partial charge in [-0.3, -0.25) is 9.59 Å². The molecule has 0 aromatic heterocycles. The van der Waals surface area contributed by atoms with Crippen LogP contribution in [0.15, 0.2) is 24.3 Å². The molecule has 0 fully saturated rings. The van der Waals surface area contributed by atoms with E-state index in [0.717, 1.165) is 19.3 Å². The summed E-state index contributed by atoms with van der Waals surface area (Å²) in [7, 11) is 0. The fourth-order valence-electron chi connectivity index (χ4n) is 4.01. The van der Waals surface area contributed by atoms with Crippen molar-refractivity contribution in [2.75, 3.05) is 26.2 Å². The van der Waals surface area contributed by atoms with E-state index in [9.17, 15) is 9.59 Å². The molecule has 0 radical (unpaired) electrons. The van der Waals surface area contributed by atoms with Crippen molar-refractivity contribution in [3.8, 4) is 5.75 Å². The molecule has 0 N–H and O–H groups in total. The Morgan fingerprint density at radius 3 is 2.47 bits per heavy atom. The highest BCUT2D eigenvalue weighted by molar-refractivity contribution is 5.96. The third kappa shape index (κ3) is 7.03. The van der Waals surface area contributed by atoms with Crippen LogP contribution in [0.2, 0.25) is 0 Å². The molecule has 5 heteroatoms. The van der Waals surface area contributed by atoms with Gasteiger partial charge in [0.15, 0.2) is 0 Å². The van der Waals surface area contributed by atoms with Crippen molar-refractivity contribution >= 4 is 11.8 Å². The highest BCUT2D eigenvalue weighted by Crippen LogP contribution is 2.26. The minimum atomic E-state index is -0.0535. The first-order valence-electron chi connectivity index (χ1n) is 11.4. The van der Waals surface area contributed by atoms with E-state index in [1.807, 2.05) is 41.0 Å². The number of nitrogens with zero attached hydrogens (tertiary/aromatic N) is 2. The van der Waals surface area contributed by atoms with Crippen molar-refractivity contribution < 1.29 is 14.3 Å². The topological polar surface area (TPSA) is 49.9 Å². The number of carbonyl (C=O) groups is 2. The van der Waals surface area contributed by atoms with E-state index in [1.165, 1.54) is 0 Å². The average Bonchev–Trinajstić information content (AvgIpc) is 2.65. The third-order valence-corrected chi connectivity index (χ3v) is 5.48. The molecule has 0 saturated carbocycles. The van der Waals surface area contributed by atoms with Gasteiger partial charge in [0.05, 0.1) is 11.6 Å². The summed E-state index contributed by atoms with van der Waals surface area (Å²) in [5.74, 6) is 1.28. The van der Waals surface area contributed by atoms with Crippen LogP contribution < -0.4 is 4.74 Å². The Balaban J connectivity index is 2.35. The zero-order valence-corrected chi connectivity index (χ0v) is 19.7. The molecule has 0 unspecified atom stereocenters. The molecule has 30 heavy (non-hydrogen) atoms. The first kappa shape index (κ1) is 24.2. The summed E-state index contributed by atoms with van der Waals surface area (Å²) in [4.78, 5) is 30.2. The number of para-hydroxylation sites is 1. The SMILES string of the molecule is CCN1CCCCN(C(=O)CC(C)(C)C)[C@@H](CC(C)C)COc2ccccc2C1=O. The molecule has 0 saturated heterocycles. The van der Waals surface area contributed by atoms with Crippen LogP contribution in [0.4, 0.5) is 0 Å². The summed E-state index contributed by atoms with van der Waals surface area (Å²) in [6.45, 7) is 15.2. The minimum absolute atomic E-state index is 0.00436. The summed E-state index contributed by atoms with van der Waals surface area (Å²) in [6.07, 6.45) is 3.18. The molecule has 1 aromatic rings. The van der Waals surface area contributed by atoms with Gasteiger partial charge in [0.1, 0.15) is 12.4 Å². The van der Waals surface area contributed by atoms with Crippen molar-refractivity contribution in [3.63, 3.8) is 0 Å². The van der Waals surface area contributed by atoms with Gasteiger partial charge in [0.2, 0.25) is 5.91 Å². The molecule has 0 aliphatic carbocycles. The van der Waals surface area contributed by atoms with E-state index in [0.29, 0.717) is 49.9 Å². The van der Waals surface area contributed by atoms with Gasteiger partial charge in [-0.15, -0.1) is 0 Å². The molecule has 5 nitrogen and oxygen atoms in total. The second-order valence-electron chi connectivity index (χ2n) is 10.0. The van der Waals surface area contributed by atoms with Gasteiger partial charge in [0.25, 0.3) is 5.91 Å². The quantitative estimate of drug-likeness (QED) is 0.694. The molecule has 1 aliphatic heterocycles. The predicted molar refractivity (Wildman–Crippen MR) is 122 cm³/mol. The van der Waals surface area contributed by atoms with Crippen LogP contribution in [-0.2, 0) is 4.79 Å². The lowest BCUT2D eigenvalue weighted by Crippen LogP contribution is -2.46. The molecular formula is C25H40N2O3. The number of carbonyl (C=O) groups excluding carboxylic acids is 2. The van der Waals surface area contributed by atoms with Crippen LogP contribution in [0.25, 0.3) is 0 Å². The summed E-state index contributed by atoms with van der Waals surface area (Å²) in [5.41, 5.74) is 0.554. The zero-order valence-electron chi connectivity index (χ0n) is 19.7. The Kier molecular flexibility index (Phi) is 8.75. The summed E-state index contributed by atoms with van der Waals surface area (Å²) >= 11 is 0. The fourth-order valence-corrected chi connectivity index (χ4v) is 4.01. The van der Waals surface area contributed by atoms with Crippen LogP contribution >= 0.6 is 0 Å². The van der Waals surface area contributed by atoms with Crippen LogP contribution in [0, 0.1) is 11.3 Å². The molecular weight excluding hydrogens is 376 g/mol. The lowest BCUT2D eigenvalue weighted by Gasteiger charge is -2.35. The van der Waals surface area contributed by atoms with Crippen molar-refractivity contribution in [1.29, 1.82) is 0 Å². The van der Waals surface area contributed by atoms with Gasteiger partial charge in [-0.05, 0) is 49.7 Å². The maximum atomic E-state index is 13.2. The molecule has 2 rings (SSSR count). The largest absolute Gasteiger partial charge is 0.491 e. The predicted octanol–water partition coefficient (Wildman–Crippen LogP) is 5.00. The normalized spacial score (nSPS) is 19.0. The Labute approximate surface area is 182 Å². The van der Waals surface area contributed by atoms with Gasteiger partial charge in [-0.2, -0.15) is 0 Å². The van der Waals surface area contributed by atoms with Crippen molar-refractivity contribution in [2.24, 2.45) is 11.3 Å². The van der Waals surface area contributed by atoms with Crippen molar-refractivity contribution in [2.45, 2.75) is 73.3 Å². The van der Waals surface area contributed by atoms with E-state index < -0.39 is 0 Å². The van der Waals surface area contributed by atoms with Gasteiger partial charge >= 0.3 is 0 Å². The van der Waals surface area contributed by atoms with E-state index in [2.05, 4.69) is 34.6 Å². The van der Waals surface area contributed by atoms with Crippen molar-refractivity contribution in [1.82, 2.24) is 9.80 Å². The van der Waals surface area contributed by atoms with Crippen LogP contribution in [0.5, 0.6) is 5.75 Å². The smallest absolute Gasteiger partial charge is 0.257 e. The molecule has 1 aromatic carbocycles. The van der Waals surface area contributed by atoms with Gasteiger partial charge < -0.3 is 14.5 Å². The van der Waals surface area contributed by atoms with Crippen molar-refractivity contribution in [3.05, 3.63) is 29.8 Å². The third-order valence-electron chi connectivity index (χ3n) is 5.48. The highest BCUT2D eigenvalue weighted by atomic mass is 16.5. The van der Waals surface area contributed by atoms with E-state index >= 15 is 0 Å². The first-order valence-corrected chi connectivity index (χ1v) is 11.4. The Morgan fingerprint density at radius 2 is 1.83 bits per heavy atom. The molecule has 168 valence electrons. The molecule has 1 aliphatic rings. The average molecular weight is 417 g/mol. The second kappa shape index (κ2) is 10.8. The fraction of sp³-hybridized carbons (Fsp3) is 0.680. The first-order chi connectivity index (χ1) is 14.1.